The average molecular weight is 315 g/mol. The van der Waals surface area contributed by atoms with Crippen LogP contribution < -0.4 is 0 Å². The predicted molar refractivity (Wildman–Crippen MR) is 82.5 cm³/mol. The van der Waals surface area contributed by atoms with Crippen LogP contribution in [-0.2, 0) is 16.6 Å². The first-order valence-electron chi connectivity index (χ1n) is 6.69. The lowest BCUT2D eigenvalue weighted by Crippen LogP contribution is -2.41. The Balaban J connectivity index is 2.46. The molecule has 1 heterocycles. The number of rotatable bonds is 3. The van der Waals surface area contributed by atoms with Gasteiger partial charge in [0.2, 0.25) is 10.0 Å². The van der Waals surface area contributed by atoms with E-state index in [0.29, 0.717) is 28.8 Å². The molecule has 1 saturated heterocycles. The van der Waals surface area contributed by atoms with Crippen LogP contribution in [0.2, 0.25) is 0 Å². The summed E-state index contributed by atoms with van der Waals surface area (Å²) in [5, 5.41) is 9.60. The van der Waals surface area contributed by atoms with Crippen LogP contribution in [0.5, 0.6) is 0 Å². The summed E-state index contributed by atoms with van der Waals surface area (Å²) in [5.41, 5.74) is 2.31. The summed E-state index contributed by atoms with van der Waals surface area (Å²) in [6.45, 7) is 6.71. The van der Waals surface area contributed by atoms with Crippen LogP contribution in [0, 0.1) is 13.8 Å². The van der Waals surface area contributed by atoms with E-state index in [1.54, 1.807) is 22.1 Å². The van der Waals surface area contributed by atoms with Gasteiger partial charge in [-0.3, -0.25) is 0 Å². The van der Waals surface area contributed by atoms with Crippen LogP contribution >= 0.6 is 11.8 Å². The molecule has 0 amide bonds. The Labute approximate surface area is 125 Å². The van der Waals surface area contributed by atoms with Crippen LogP contribution in [-0.4, -0.2) is 41.9 Å². The second-order valence-corrected chi connectivity index (χ2v) is 8.69. The fraction of sp³-hybridized carbons (Fsp3) is 0.571. The molecular weight excluding hydrogens is 294 g/mol. The van der Waals surface area contributed by atoms with Crippen molar-refractivity contribution in [3.05, 3.63) is 28.8 Å². The van der Waals surface area contributed by atoms with E-state index in [1.807, 2.05) is 19.9 Å². The van der Waals surface area contributed by atoms with E-state index in [2.05, 4.69) is 6.92 Å². The van der Waals surface area contributed by atoms with Crippen LogP contribution in [0.15, 0.2) is 17.0 Å². The molecular formula is C14H21NO3S2. The first-order valence-corrected chi connectivity index (χ1v) is 9.18. The number of hydrogen-bond acceptors (Lipinski definition) is 4. The smallest absolute Gasteiger partial charge is 0.243 e. The van der Waals surface area contributed by atoms with Crippen molar-refractivity contribution in [1.29, 1.82) is 0 Å². The van der Waals surface area contributed by atoms with Gasteiger partial charge in [0.15, 0.2) is 0 Å². The number of hydrogen-bond donors (Lipinski definition) is 1. The fourth-order valence-electron chi connectivity index (χ4n) is 2.40. The second kappa shape index (κ2) is 6.05. The molecule has 0 aliphatic carbocycles. The Morgan fingerprint density at radius 1 is 1.40 bits per heavy atom. The minimum absolute atomic E-state index is 0.143. The summed E-state index contributed by atoms with van der Waals surface area (Å²) in [4.78, 5) is 0.334. The Morgan fingerprint density at radius 3 is 2.70 bits per heavy atom. The molecule has 0 bridgehead atoms. The van der Waals surface area contributed by atoms with Crippen molar-refractivity contribution in [2.75, 3.05) is 18.8 Å². The van der Waals surface area contributed by atoms with Gasteiger partial charge in [0.05, 0.1) is 11.5 Å². The molecule has 6 heteroatoms. The van der Waals surface area contributed by atoms with E-state index in [9.17, 15) is 13.5 Å². The third-order valence-electron chi connectivity index (χ3n) is 3.68. The zero-order valence-corrected chi connectivity index (χ0v) is 13.7. The lowest BCUT2D eigenvalue weighted by atomic mass is 10.1. The highest BCUT2D eigenvalue weighted by Gasteiger charge is 2.30. The fourth-order valence-corrected chi connectivity index (χ4v) is 5.50. The van der Waals surface area contributed by atoms with Crippen LogP contribution in [0.4, 0.5) is 0 Å². The number of aliphatic hydroxyl groups excluding tert-OH is 1. The lowest BCUT2D eigenvalue weighted by molar-refractivity contribution is 0.281. The maximum atomic E-state index is 12.8. The topological polar surface area (TPSA) is 57.6 Å². The van der Waals surface area contributed by atoms with Crippen LogP contribution in [0.1, 0.15) is 23.6 Å². The van der Waals surface area contributed by atoms with E-state index in [1.165, 1.54) is 0 Å². The Hall–Kier alpha value is -0.560. The number of nitrogens with zero attached hydrogens (tertiary/aromatic N) is 1. The van der Waals surface area contributed by atoms with Crippen LogP contribution in [0.25, 0.3) is 0 Å². The molecule has 1 atom stereocenters. The highest BCUT2D eigenvalue weighted by molar-refractivity contribution is 8.00. The Morgan fingerprint density at radius 2 is 2.10 bits per heavy atom. The minimum Gasteiger partial charge on any atom is -0.392 e. The molecule has 0 radical (unpaired) electrons. The zero-order chi connectivity index (χ0) is 14.9. The molecule has 20 heavy (non-hydrogen) atoms. The molecule has 1 aromatic carbocycles. The largest absolute Gasteiger partial charge is 0.392 e. The first kappa shape index (κ1) is 15.8. The van der Waals surface area contributed by atoms with Gasteiger partial charge in [-0.1, -0.05) is 13.0 Å². The molecule has 2 rings (SSSR count). The molecule has 0 saturated carbocycles. The Kier molecular flexibility index (Phi) is 4.79. The molecule has 112 valence electrons. The number of thioether (sulfide) groups is 1. The number of aryl methyl sites for hydroxylation is 1. The van der Waals surface area contributed by atoms with Gasteiger partial charge in [0.1, 0.15) is 0 Å². The van der Waals surface area contributed by atoms with Gasteiger partial charge in [-0.05, 0) is 36.6 Å². The van der Waals surface area contributed by atoms with E-state index in [-0.39, 0.29) is 6.61 Å². The molecule has 1 fully saturated rings. The number of aliphatic hydroxyl groups is 1. The normalized spacial score (nSPS) is 21.1. The van der Waals surface area contributed by atoms with E-state index in [4.69, 9.17) is 0 Å². The van der Waals surface area contributed by atoms with Crippen molar-refractivity contribution in [1.82, 2.24) is 4.31 Å². The predicted octanol–water partition coefficient (Wildman–Crippen LogP) is 1.92. The van der Waals surface area contributed by atoms with E-state index >= 15 is 0 Å². The van der Waals surface area contributed by atoms with Gasteiger partial charge in [0.25, 0.3) is 0 Å². The maximum absolute atomic E-state index is 12.8. The van der Waals surface area contributed by atoms with E-state index < -0.39 is 10.0 Å². The molecule has 0 spiro atoms. The second-order valence-electron chi connectivity index (χ2n) is 5.24. The SMILES string of the molecule is Cc1cc(CO)cc(S(=O)(=O)N2CCSC(C)C2)c1C. The molecule has 1 aromatic rings. The van der Waals surface area contributed by atoms with Crippen LogP contribution in [0.3, 0.4) is 0 Å². The summed E-state index contributed by atoms with van der Waals surface area (Å²) in [7, 11) is -3.47. The third kappa shape index (κ3) is 3.03. The summed E-state index contributed by atoms with van der Waals surface area (Å²) < 4.78 is 27.2. The molecule has 0 aromatic heterocycles. The number of benzene rings is 1. The summed E-state index contributed by atoms with van der Waals surface area (Å²) in [6, 6.07) is 3.44. The standard InChI is InChI=1S/C14H21NO3S2/c1-10-6-13(9-16)7-14(12(10)3)20(17,18)15-4-5-19-11(2)8-15/h6-7,11,16H,4-5,8-9H2,1-3H3. The minimum atomic E-state index is -3.47. The highest BCUT2D eigenvalue weighted by Crippen LogP contribution is 2.28. The molecule has 1 N–H and O–H groups in total. The maximum Gasteiger partial charge on any atom is 0.243 e. The highest BCUT2D eigenvalue weighted by atomic mass is 32.2. The van der Waals surface area contributed by atoms with Crippen molar-refractivity contribution in [2.24, 2.45) is 0 Å². The third-order valence-corrected chi connectivity index (χ3v) is 6.81. The van der Waals surface area contributed by atoms with Crippen molar-refractivity contribution < 1.29 is 13.5 Å². The first-order chi connectivity index (χ1) is 9.36. The Bertz CT molecular complexity index is 599. The van der Waals surface area contributed by atoms with Gasteiger partial charge in [-0.2, -0.15) is 16.1 Å². The summed E-state index contributed by atoms with van der Waals surface area (Å²) in [6.07, 6.45) is 0. The van der Waals surface area contributed by atoms with Gasteiger partial charge in [0, 0.05) is 24.1 Å². The quantitative estimate of drug-likeness (QED) is 0.926. The number of sulfonamides is 1. The van der Waals surface area contributed by atoms with E-state index in [0.717, 1.165) is 16.9 Å². The van der Waals surface area contributed by atoms with Crippen molar-refractivity contribution in [3.63, 3.8) is 0 Å². The van der Waals surface area contributed by atoms with Gasteiger partial charge in [-0.25, -0.2) is 8.42 Å². The monoisotopic (exact) mass is 315 g/mol. The molecule has 1 aliphatic heterocycles. The lowest BCUT2D eigenvalue weighted by Gasteiger charge is -2.30. The van der Waals surface area contributed by atoms with Gasteiger partial charge >= 0.3 is 0 Å². The summed E-state index contributed by atoms with van der Waals surface area (Å²) in [5.74, 6) is 0.831. The average Bonchev–Trinajstić information content (AvgIpc) is 2.41. The zero-order valence-electron chi connectivity index (χ0n) is 12.1. The van der Waals surface area contributed by atoms with Crippen molar-refractivity contribution >= 4 is 21.8 Å². The molecule has 1 unspecified atom stereocenters. The van der Waals surface area contributed by atoms with Crippen molar-refractivity contribution in [3.8, 4) is 0 Å². The molecule has 4 nitrogen and oxygen atoms in total. The van der Waals surface area contributed by atoms with Crippen molar-refractivity contribution in [2.45, 2.75) is 37.5 Å². The summed E-state index contributed by atoms with van der Waals surface area (Å²) >= 11 is 1.80. The van der Waals surface area contributed by atoms with Gasteiger partial charge in [-0.15, -0.1) is 0 Å². The molecule has 1 aliphatic rings. The van der Waals surface area contributed by atoms with Gasteiger partial charge < -0.3 is 5.11 Å².